The highest BCUT2D eigenvalue weighted by Crippen LogP contribution is 2.33. The van der Waals surface area contributed by atoms with Crippen molar-refractivity contribution in [3.05, 3.63) is 52.8 Å². The molecular weight excluding hydrogens is 265 g/mol. The van der Waals surface area contributed by atoms with Gasteiger partial charge in [0.15, 0.2) is 0 Å². The second-order valence-corrected chi connectivity index (χ2v) is 4.45. The van der Waals surface area contributed by atoms with E-state index in [0.29, 0.717) is 16.9 Å². The topological polar surface area (TPSA) is 53.0 Å². The first kappa shape index (κ1) is 13.2. The summed E-state index contributed by atoms with van der Waals surface area (Å²) in [6.07, 6.45) is 0. The molecule has 0 aromatic heterocycles. The fourth-order valence-corrected chi connectivity index (χ4v) is 1.90. The molecule has 2 aromatic rings. The molecule has 96 valence electrons. The van der Waals surface area contributed by atoms with Crippen molar-refractivity contribution in [1.29, 1.82) is 5.26 Å². The summed E-state index contributed by atoms with van der Waals surface area (Å²) in [6.45, 7) is 0. The smallest absolute Gasteiger partial charge is 0.143 e. The van der Waals surface area contributed by atoms with Crippen LogP contribution >= 0.6 is 11.6 Å². The van der Waals surface area contributed by atoms with Crippen molar-refractivity contribution >= 4 is 28.7 Å². The molecule has 0 saturated heterocycles. The maximum Gasteiger partial charge on any atom is 0.143 e. The first-order valence-electron chi connectivity index (χ1n) is 5.51. The van der Waals surface area contributed by atoms with Gasteiger partial charge in [0.2, 0.25) is 0 Å². The van der Waals surface area contributed by atoms with Gasteiger partial charge in [-0.15, -0.1) is 0 Å². The molecule has 0 fully saturated rings. The lowest BCUT2D eigenvalue weighted by atomic mass is 10.2. The van der Waals surface area contributed by atoms with Crippen molar-refractivity contribution in [2.75, 3.05) is 17.7 Å². The first-order chi connectivity index (χ1) is 9.02. The van der Waals surface area contributed by atoms with Crippen LogP contribution in [0.25, 0.3) is 0 Å². The quantitative estimate of drug-likeness (QED) is 0.850. The van der Waals surface area contributed by atoms with Crippen LogP contribution < -0.4 is 10.6 Å². The SMILES string of the molecule is CN(c1ccc(C#N)cc1)c1cc(Cl)c(F)cc1N. The molecule has 2 N–H and O–H groups in total. The second kappa shape index (κ2) is 5.17. The molecule has 0 amide bonds. The van der Waals surface area contributed by atoms with Crippen molar-refractivity contribution in [2.45, 2.75) is 0 Å². The van der Waals surface area contributed by atoms with E-state index in [9.17, 15) is 4.39 Å². The molecule has 0 aliphatic heterocycles. The van der Waals surface area contributed by atoms with Crippen LogP contribution in [0, 0.1) is 17.1 Å². The summed E-state index contributed by atoms with van der Waals surface area (Å²) in [5.74, 6) is -0.545. The third-order valence-electron chi connectivity index (χ3n) is 2.81. The van der Waals surface area contributed by atoms with Crippen molar-refractivity contribution < 1.29 is 4.39 Å². The molecule has 3 nitrogen and oxygen atoms in total. The Bertz CT molecular complexity index is 647. The summed E-state index contributed by atoms with van der Waals surface area (Å²) in [4.78, 5) is 1.78. The Kier molecular flexibility index (Phi) is 3.59. The van der Waals surface area contributed by atoms with Crippen LogP contribution in [0.3, 0.4) is 0 Å². The number of nitrogen functional groups attached to an aromatic ring is 1. The number of nitrogens with two attached hydrogens (primary N) is 1. The zero-order valence-corrected chi connectivity index (χ0v) is 10.9. The number of hydrogen-bond donors (Lipinski definition) is 1. The maximum absolute atomic E-state index is 13.3. The van der Waals surface area contributed by atoms with Gasteiger partial charge in [-0.1, -0.05) is 11.6 Å². The molecular formula is C14H11ClFN3. The Morgan fingerprint density at radius 3 is 2.47 bits per heavy atom. The molecule has 0 saturated carbocycles. The standard InChI is InChI=1S/C14H11ClFN3/c1-19(10-4-2-9(8-17)3-5-10)14-6-11(15)12(16)7-13(14)18/h2-7H,18H2,1H3. The minimum atomic E-state index is -0.545. The average Bonchev–Trinajstić information content (AvgIpc) is 2.42. The van der Waals surface area contributed by atoms with Gasteiger partial charge in [-0.3, -0.25) is 0 Å². The minimum Gasteiger partial charge on any atom is -0.397 e. The third kappa shape index (κ3) is 2.61. The lowest BCUT2D eigenvalue weighted by Gasteiger charge is -2.21. The van der Waals surface area contributed by atoms with Crippen molar-refractivity contribution in [3.63, 3.8) is 0 Å². The molecule has 0 aliphatic carbocycles. The van der Waals surface area contributed by atoms with E-state index in [1.54, 1.807) is 36.2 Å². The number of rotatable bonds is 2. The van der Waals surface area contributed by atoms with Crippen molar-refractivity contribution in [2.24, 2.45) is 0 Å². The molecule has 0 aliphatic rings. The van der Waals surface area contributed by atoms with Gasteiger partial charge in [-0.25, -0.2) is 4.39 Å². The fourth-order valence-electron chi connectivity index (χ4n) is 1.74. The van der Waals surface area contributed by atoms with Gasteiger partial charge in [0.05, 0.1) is 28.0 Å². The Hall–Kier alpha value is -2.25. The van der Waals surface area contributed by atoms with Crippen LogP contribution in [-0.4, -0.2) is 7.05 Å². The molecule has 2 aromatic carbocycles. The van der Waals surface area contributed by atoms with Crippen LogP contribution in [0.4, 0.5) is 21.5 Å². The van der Waals surface area contributed by atoms with Crippen molar-refractivity contribution in [1.82, 2.24) is 0 Å². The van der Waals surface area contributed by atoms with E-state index < -0.39 is 5.82 Å². The minimum absolute atomic E-state index is 0.0182. The van der Waals surface area contributed by atoms with E-state index >= 15 is 0 Å². The van der Waals surface area contributed by atoms with E-state index in [1.807, 2.05) is 6.07 Å². The highest BCUT2D eigenvalue weighted by atomic mass is 35.5. The first-order valence-corrected chi connectivity index (χ1v) is 5.89. The van der Waals surface area contributed by atoms with Crippen LogP contribution in [0.5, 0.6) is 0 Å². The predicted octanol–water partition coefficient (Wildman–Crippen LogP) is 3.70. The summed E-state index contributed by atoms with van der Waals surface area (Å²) in [7, 11) is 1.79. The summed E-state index contributed by atoms with van der Waals surface area (Å²) < 4.78 is 13.3. The summed E-state index contributed by atoms with van der Waals surface area (Å²) in [5, 5.41) is 8.77. The summed E-state index contributed by atoms with van der Waals surface area (Å²) >= 11 is 5.76. The fraction of sp³-hybridized carbons (Fsp3) is 0.0714. The number of anilines is 3. The molecule has 0 heterocycles. The largest absolute Gasteiger partial charge is 0.397 e. The number of halogens is 2. The van der Waals surface area contributed by atoms with Crippen LogP contribution in [0.2, 0.25) is 5.02 Å². The Morgan fingerprint density at radius 1 is 1.26 bits per heavy atom. The molecule has 19 heavy (non-hydrogen) atoms. The highest BCUT2D eigenvalue weighted by Gasteiger charge is 2.11. The number of nitrogens with zero attached hydrogens (tertiary/aromatic N) is 2. The van der Waals surface area contributed by atoms with Gasteiger partial charge < -0.3 is 10.6 Å². The van der Waals surface area contributed by atoms with E-state index in [4.69, 9.17) is 22.6 Å². The lowest BCUT2D eigenvalue weighted by molar-refractivity contribution is 0.629. The van der Waals surface area contributed by atoms with Gasteiger partial charge >= 0.3 is 0 Å². The Labute approximate surface area is 115 Å². The van der Waals surface area contributed by atoms with E-state index in [0.717, 1.165) is 5.69 Å². The van der Waals surface area contributed by atoms with E-state index in [1.165, 1.54) is 12.1 Å². The predicted molar refractivity (Wildman–Crippen MR) is 75.0 cm³/mol. The molecule has 0 radical (unpaired) electrons. The highest BCUT2D eigenvalue weighted by molar-refractivity contribution is 6.31. The Morgan fingerprint density at radius 2 is 1.89 bits per heavy atom. The zero-order valence-electron chi connectivity index (χ0n) is 10.2. The van der Waals surface area contributed by atoms with Crippen LogP contribution in [0.15, 0.2) is 36.4 Å². The Balaban J connectivity index is 2.41. The normalized spacial score (nSPS) is 10.0. The lowest BCUT2D eigenvalue weighted by Crippen LogP contribution is -2.12. The maximum atomic E-state index is 13.3. The van der Waals surface area contributed by atoms with Gasteiger partial charge in [-0.2, -0.15) is 5.26 Å². The molecule has 0 spiro atoms. The van der Waals surface area contributed by atoms with E-state index in [-0.39, 0.29) is 5.02 Å². The van der Waals surface area contributed by atoms with Gasteiger partial charge in [0.1, 0.15) is 5.82 Å². The molecule has 5 heteroatoms. The van der Waals surface area contributed by atoms with Crippen molar-refractivity contribution in [3.8, 4) is 6.07 Å². The van der Waals surface area contributed by atoms with Gasteiger partial charge in [0.25, 0.3) is 0 Å². The van der Waals surface area contributed by atoms with E-state index in [2.05, 4.69) is 0 Å². The molecule has 2 rings (SSSR count). The second-order valence-electron chi connectivity index (χ2n) is 4.04. The molecule has 0 unspecified atom stereocenters. The molecule has 0 atom stereocenters. The molecule has 0 bridgehead atoms. The van der Waals surface area contributed by atoms with Gasteiger partial charge in [0, 0.05) is 18.8 Å². The average molecular weight is 276 g/mol. The van der Waals surface area contributed by atoms with Gasteiger partial charge in [-0.05, 0) is 30.3 Å². The zero-order chi connectivity index (χ0) is 14.0. The number of hydrogen-bond acceptors (Lipinski definition) is 3. The monoisotopic (exact) mass is 275 g/mol. The number of benzene rings is 2. The third-order valence-corrected chi connectivity index (χ3v) is 3.10. The van der Waals surface area contributed by atoms with Crippen LogP contribution in [0.1, 0.15) is 5.56 Å². The van der Waals surface area contributed by atoms with Crippen LogP contribution in [-0.2, 0) is 0 Å². The summed E-state index contributed by atoms with van der Waals surface area (Å²) in [5.41, 5.74) is 8.10. The summed E-state index contributed by atoms with van der Waals surface area (Å²) in [6, 6.07) is 11.7. The number of nitriles is 1.